The third-order valence-electron chi connectivity index (χ3n) is 2.59. The van der Waals surface area contributed by atoms with Gasteiger partial charge in [0.05, 0.1) is 13.2 Å². The van der Waals surface area contributed by atoms with Crippen molar-refractivity contribution < 1.29 is 14.3 Å². The van der Waals surface area contributed by atoms with E-state index >= 15 is 0 Å². The average molecular weight is 273 g/mol. The fourth-order valence-electron chi connectivity index (χ4n) is 1.61. The molecule has 0 bridgehead atoms. The highest BCUT2D eigenvalue weighted by molar-refractivity contribution is 6.06. The summed E-state index contributed by atoms with van der Waals surface area (Å²) in [4.78, 5) is 25.3. The van der Waals surface area contributed by atoms with Gasteiger partial charge in [-0.25, -0.2) is 4.79 Å². The van der Waals surface area contributed by atoms with Crippen LogP contribution in [0.25, 0.3) is 0 Å². The molecule has 0 aliphatic carbocycles. The van der Waals surface area contributed by atoms with Crippen molar-refractivity contribution >= 4 is 17.6 Å². The number of hydrogen-bond donors (Lipinski definition) is 0. The van der Waals surface area contributed by atoms with Crippen LogP contribution in [0.3, 0.4) is 0 Å². The van der Waals surface area contributed by atoms with E-state index in [-0.39, 0.29) is 24.6 Å². The van der Waals surface area contributed by atoms with Crippen LogP contribution in [-0.4, -0.2) is 25.0 Å². The lowest BCUT2D eigenvalue weighted by molar-refractivity contribution is -0.138. The van der Waals surface area contributed by atoms with Gasteiger partial charge in [0.15, 0.2) is 0 Å². The van der Waals surface area contributed by atoms with Crippen LogP contribution in [0.15, 0.2) is 54.6 Å². The van der Waals surface area contributed by atoms with Crippen molar-refractivity contribution in [2.24, 2.45) is 0 Å². The van der Waals surface area contributed by atoms with Gasteiger partial charge in [-0.1, -0.05) is 31.4 Å². The molecule has 0 atom stereocenters. The number of benzene rings is 1. The Balaban J connectivity index is 2.96. The third kappa shape index (κ3) is 4.09. The van der Waals surface area contributed by atoms with Gasteiger partial charge in [-0.15, -0.1) is 0 Å². The fourth-order valence-corrected chi connectivity index (χ4v) is 1.61. The van der Waals surface area contributed by atoms with Gasteiger partial charge in [0.2, 0.25) is 0 Å². The zero-order valence-corrected chi connectivity index (χ0v) is 11.9. The molecule has 0 aliphatic heterocycles. The largest absolute Gasteiger partial charge is 0.463 e. The molecule has 1 rings (SSSR count). The van der Waals surface area contributed by atoms with Gasteiger partial charge in [0.25, 0.3) is 5.91 Å². The number of carbonyl (C=O) groups excluding carboxylic acids is 2. The van der Waals surface area contributed by atoms with Gasteiger partial charge in [-0.2, -0.15) is 0 Å². The minimum Gasteiger partial charge on any atom is -0.463 e. The van der Waals surface area contributed by atoms with Crippen LogP contribution in [0.5, 0.6) is 0 Å². The minimum atomic E-state index is -0.497. The van der Waals surface area contributed by atoms with Crippen molar-refractivity contribution in [1.29, 1.82) is 0 Å². The number of esters is 1. The number of carbonyl (C=O) groups is 2. The van der Waals surface area contributed by atoms with Gasteiger partial charge >= 0.3 is 5.97 Å². The molecule has 4 heteroatoms. The molecule has 106 valence electrons. The van der Waals surface area contributed by atoms with Crippen LogP contribution in [0.2, 0.25) is 0 Å². The summed E-state index contributed by atoms with van der Waals surface area (Å²) in [6.07, 6.45) is 0. The second kappa shape index (κ2) is 7.28. The molecule has 20 heavy (non-hydrogen) atoms. The second-order valence-electron chi connectivity index (χ2n) is 4.33. The van der Waals surface area contributed by atoms with Crippen molar-refractivity contribution in [2.75, 3.05) is 18.1 Å². The predicted molar refractivity (Wildman–Crippen MR) is 79.4 cm³/mol. The highest BCUT2D eigenvalue weighted by atomic mass is 16.5. The highest BCUT2D eigenvalue weighted by Gasteiger charge is 2.20. The first-order valence-electron chi connectivity index (χ1n) is 6.34. The Morgan fingerprint density at radius 3 is 2.30 bits per heavy atom. The monoisotopic (exact) mass is 273 g/mol. The molecular weight excluding hydrogens is 254 g/mol. The van der Waals surface area contributed by atoms with E-state index < -0.39 is 5.97 Å². The molecule has 1 aromatic carbocycles. The Kier molecular flexibility index (Phi) is 5.72. The number of anilines is 1. The van der Waals surface area contributed by atoms with E-state index in [0.717, 1.165) is 0 Å². The lowest BCUT2D eigenvalue weighted by Crippen LogP contribution is -2.34. The van der Waals surface area contributed by atoms with Crippen LogP contribution in [0, 0.1) is 0 Å². The Labute approximate surface area is 119 Å². The molecule has 0 spiro atoms. The molecule has 0 aromatic heterocycles. The van der Waals surface area contributed by atoms with E-state index in [9.17, 15) is 9.59 Å². The number of ether oxygens (including phenoxy) is 1. The summed E-state index contributed by atoms with van der Waals surface area (Å²) in [5, 5.41) is 0. The molecule has 0 aliphatic rings. The lowest BCUT2D eigenvalue weighted by atomic mass is 10.2. The topological polar surface area (TPSA) is 46.6 Å². The number of para-hydroxylation sites is 1. The Morgan fingerprint density at radius 1 is 1.20 bits per heavy atom. The van der Waals surface area contributed by atoms with E-state index in [1.165, 1.54) is 4.90 Å². The van der Waals surface area contributed by atoms with E-state index in [2.05, 4.69) is 13.2 Å². The van der Waals surface area contributed by atoms with E-state index in [4.69, 9.17) is 4.74 Å². The second-order valence-corrected chi connectivity index (χ2v) is 4.33. The molecule has 0 radical (unpaired) electrons. The summed E-state index contributed by atoms with van der Waals surface area (Å²) >= 11 is 0. The fraction of sp³-hybridized carbons (Fsp3) is 0.250. The highest BCUT2D eigenvalue weighted by Crippen LogP contribution is 2.17. The van der Waals surface area contributed by atoms with Crippen molar-refractivity contribution in [3.63, 3.8) is 0 Å². The summed E-state index contributed by atoms with van der Waals surface area (Å²) < 4.78 is 4.88. The molecular formula is C16H19NO3. The van der Waals surface area contributed by atoms with Gasteiger partial charge in [0, 0.05) is 16.8 Å². The van der Waals surface area contributed by atoms with E-state index in [1.54, 1.807) is 26.0 Å². The quantitative estimate of drug-likeness (QED) is 0.591. The van der Waals surface area contributed by atoms with Crippen LogP contribution in [0.4, 0.5) is 5.69 Å². The summed E-state index contributed by atoms with van der Waals surface area (Å²) in [5.41, 5.74) is 1.31. The summed E-state index contributed by atoms with van der Waals surface area (Å²) in [6.45, 7) is 11.0. The minimum absolute atomic E-state index is 0.0779. The number of amides is 1. The lowest BCUT2D eigenvalue weighted by Gasteiger charge is -2.23. The summed E-state index contributed by atoms with van der Waals surface area (Å²) in [5.74, 6) is -0.746. The van der Waals surface area contributed by atoms with Crippen molar-refractivity contribution in [1.82, 2.24) is 0 Å². The molecule has 4 nitrogen and oxygen atoms in total. The maximum atomic E-state index is 12.2. The van der Waals surface area contributed by atoms with Crippen LogP contribution >= 0.6 is 0 Å². The Morgan fingerprint density at radius 2 is 1.80 bits per heavy atom. The molecule has 0 fully saturated rings. The van der Waals surface area contributed by atoms with Crippen molar-refractivity contribution in [2.45, 2.75) is 13.8 Å². The number of nitrogens with zero attached hydrogens (tertiary/aromatic N) is 1. The Hall–Kier alpha value is -2.36. The maximum absolute atomic E-state index is 12.2. The first-order chi connectivity index (χ1) is 9.47. The van der Waals surface area contributed by atoms with Crippen LogP contribution in [-0.2, 0) is 14.3 Å². The van der Waals surface area contributed by atoms with E-state index in [1.807, 2.05) is 18.2 Å². The molecule has 0 saturated carbocycles. The normalized spacial score (nSPS) is 9.70. The predicted octanol–water partition coefficient (Wildman–Crippen LogP) is 2.72. The average Bonchev–Trinajstić information content (AvgIpc) is 2.44. The maximum Gasteiger partial charge on any atom is 0.335 e. The van der Waals surface area contributed by atoms with Crippen LogP contribution in [0.1, 0.15) is 13.8 Å². The zero-order valence-electron chi connectivity index (χ0n) is 11.9. The number of rotatable bonds is 6. The molecule has 0 heterocycles. The molecule has 0 saturated heterocycles. The van der Waals surface area contributed by atoms with Crippen molar-refractivity contribution in [3.05, 3.63) is 54.6 Å². The van der Waals surface area contributed by atoms with Gasteiger partial charge in [-0.05, 0) is 26.0 Å². The summed E-state index contributed by atoms with van der Waals surface area (Å²) in [7, 11) is 0. The van der Waals surface area contributed by atoms with Crippen molar-refractivity contribution in [3.8, 4) is 0 Å². The third-order valence-corrected chi connectivity index (χ3v) is 2.59. The smallest absolute Gasteiger partial charge is 0.335 e. The molecule has 1 aromatic rings. The van der Waals surface area contributed by atoms with Crippen LogP contribution < -0.4 is 4.90 Å². The standard InChI is InChI=1S/C16H19NO3/c1-5-20-16(19)13(4)11-17(15(18)12(2)3)14-9-7-6-8-10-14/h6-10H,2,4-5,11H2,1,3H3. The summed E-state index contributed by atoms with van der Waals surface area (Å²) in [6, 6.07) is 9.08. The zero-order chi connectivity index (χ0) is 15.1. The molecule has 1 amide bonds. The van der Waals surface area contributed by atoms with Gasteiger partial charge in [0.1, 0.15) is 0 Å². The number of hydrogen-bond acceptors (Lipinski definition) is 3. The Bertz CT molecular complexity index is 520. The first kappa shape index (κ1) is 15.7. The van der Waals surface area contributed by atoms with Gasteiger partial charge < -0.3 is 9.64 Å². The molecule has 0 N–H and O–H groups in total. The van der Waals surface area contributed by atoms with E-state index in [0.29, 0.717) is 11.3 Å². The molecule has 0 unspecified atom stereocenters. The van der Waals surface area contributed by atoms with Gasteiger partial charge in [-0.3, -0.25) is 4.79 Å². The SMILES string of the molecule is C=C(C)C(=O)N(CC(=C)C(=O)OCC)c1ccccc1. The first-order valence-corrected chi connectivity index (χ1v) is 6.34.